The molecular formula is C26H34BF3N4O5. The van der Waals surface area contributed by atoms with Crippen LogP contribution >= 0.6 is 0 Å². The van der Waals surface area contributed by atoms with E-state index in [-0.39, 0.29) is 31.5 Å². The number of hydrogen-bond acceptors (Lipinski definition) is 7. The Kier molecular flexibility index (Phi) is 9.69. The van der Waals surface area contributed by atoms with Crippen molar-refractivity contribution in [2.75, 3.05) is 26.2 Å². The SMILES string of the molecule is CC(C)(C=C(C#N)C(=O)N1C[C@@H](F)C[C@]1(C)COC(=O)N[C@@H](Cc1ccc(F)cc1)B(O)O)N1CC[C@H](F)C1. The summed E-state index contributed by atoms with van der Waals surface area (Å²) < 4.78 is 46.7. The van der Waals surface area contributed by atoms with Crippen LogP contribution in [-0.2, 0) is 16.0 Å². The minimum Gasteiger partial charge on any atom is -0.447 e. The number of rotatable bonds is 9. The number of carbonyl (C=O) groups excluding carboxylic acids is 2. The van der Waals surface area contributed by atoms with E-state index in [2.05, 4.69) is 5.32 Å². The Morgan fingerprint density at radius 2 is 1.95 bits per heavy atom. The molecule has 0 radical (unpaired) electrons. The van der Waals surface area contributed by atoms with Crippen molar-refractivity contribution in [1.82, 2.24) is 15.1 Å². The lowest BCUT2D eigenvalue weighted by Gasteiger charge is -2.36. The van der Waals surface area contributed by atoms with Crippen LogP contribution in [0.2, 0.25) is 0 Å². The Labute approximate surface area is 226 Å². The van der Waals surface area contributed by atoms with Crippen LogP contribution < -0.4 is 5.32 Å². The van der Waals surface area contributed by atoms with Crippen molar-refractivity contribution >= 4 is 19.1 Å². The van der Waals surface area contributed by atoms with Gasteiger partial charge in [0, 0.05) is 25.0 Å². The number of carbonyl (C=O) groups is 2. The number of nitrogens with zero attached hydrogens (tertiary/aromatic N) is 3. The summed E-state index contributed by atoms with van der Waals surface area (Å²) in [5, 5.41) is 31.4. The number of nitrogens with one attached hydrogen (secondary N) is 1. The summed E-state index contributed by atoms with van der Waals surface area (Å²) in [7, 11) is -1.95. The highest BCUT2D eigenvalue weighted by Gasteiger charge is 2.47. The maximum absolute atomic E-state index is 14.5. The number of likely N-dealkylation sites (tertiary alicyclic amines) is 2. The highest BCUT2D eigenvalue weighted by molar-refractivity contribution is 6.43. The fourth-order valence-corrected chi connectivity index (χ4v) is 5.03. The number of amides is 2. The van der Waals surface area contributed by atoms with Crippen molar-refractivity contribution in [1.29, 1.82) is 5.26 Å². The second-order valence-corrected chi connectivity index (χ2v) is 10.9. The quantitative estimate of drug-likeness (QED) is 0.244. The number of halogens is 3. The monoisotopic (exact) mass is 550 g/mol. The number of ether oxygens (including phenoxy) is 1. The smallest absolute Gasteiger partial charge is 0.447 e. The molecule has 2 aliphatic rings. The first-order chi connectivity index (χ1) is 18.2. The van der Waals surface area contributed by atoms with Crippen LogP contribution in [-0.4, -0.2) is 94.6 Å². The van der Waals surface area contributed by atoms with Crippen molar-refractivity contribution in [3.63, 3.8) is 0 Å². The Balaban J connectivity index is 1.68. The number of alkyl halides is 2. The van der Waals surface area contributed by atoms with Gasteiger partial charge in [-0.3, -0.25) is 9.69 Å². The van der Waals surface area contributed by atoms with Gasteiger partial charge < -0.3 is 25.0 Å². The van der Waals surface area contributed by atoms with Crippen LogP contribution in [0.25, 0.3) is 0 Å². The van der Waals surface area contributed by atoms with E-state index < -0.39 is 60.9 Å². The lowest BCUT2D eigenvalue weighted by atomic mass is 9.76. The van der Waals surface area contributed by atoms with E-state index in [0.29, 0.717) is 18.5 Å². The third-order valence-corrected chi connectivity index (χ3v) is 7.28. The van der Waals surface area contributed by atoms with E-state index in [1.165, 1.54) is 37.3 Å². The second-order valence-electron chi connectivity index (χ2n) is 10.9. The largest absolute Gasteiger partial charge is 0.475 e. The zero-order valence-electron chi connectivity index (χ0n) is 22.2. The molecule has 3 N–H and O–H groups in total. The summed E-state index contributed by atoms with van der Waals surface area (Å²) in [6.45, 7) is 4.98. The first-order valence-corrected chi connectivity index (χ1v) is 12.8. The van der Waals surface area contributed by atoms with Crippen LogP contribution in [0.15, 0.2) is 35.9 Å². The van der Waals surface area contributed by atoms with E-state index in [4.69, 9.17) is 4.74 Å². The molecule has 9 nitrogen and oxygen atoms in total. The van der Waals surface area contributed by atoms with Gasteiger partial charge in [0.1, 0.15) is 36.4 Å². The van der Waals surface area contributed by atoms with E-state index in [1.807, 2.05) is 11.0 Å². The molecule has 2 saturated heterocycles. The van der Waals surface area contributed by atoms with Gasteiger partial charge in [0.2, 0.25) is 0 Å². The fraction of sp³-hybridized carbons (Fsp3) is 0.577. The standard InChI is InChI=1S/C26H34BF3N4O5/c1-25(2,33-9-8-20(29)14-33)11-18(13-31)23(35)34-15-21(30)12-26(34,3)16-39-24(36)32-22(27(37)38)10-17-4-6-19(28)7-5-17/h4-7,11,20-22,37-38H,8-10,12,14-16H2,1-3H3,(H,32,36)/t20-,21-,22-,26+/m0/s1. The summed E-state index contributed by atoms with van der Waals surface area (Å²) in [5.41, 5.74) is -1.77. The lowest BCUT2D eigenvalue weighted by molar-refractivity contribution is -0.131. The summed E-state index contributed by atoms with van der Waals surface area (Å²) in [6, 6.07) is 7.14. The average molecular weight is 550 g/mol. The Bertz CT molecular complexity index is 1110. The van der Waals surface area contributed by atoms with Gasteiger partial charge in [-0.05, 0) is 57.4 Å². The predicted molar refractivity (Wildman–Crippen MR) is 137 cm³/mol. The summed E-state index contributed by atoms with van der Waals surface area (Å²) in [5.74, 6) is -2.38. The molecule has 39 heavy (non-hydrogen) atoms. The lowest BCUT2D eigenvalue weighted by Crippen LogP contribution is -2.52. The van der Waals surface area contributed by atoms with E-state index >= 15 is 0 Å². The van der Waals surface area contributed by atoms with Crippen LogP contribution in [0.3, 0.4) is 0 Å². The molecule has 3 rings (SSSR count). The molecule has 212 valence electrons. The van der Waals surface area contributed by atoms with E-state index in [1.54, 1.807) is 13.8 Å². The molecule has 0 spiro atoms. The van der Waals surface area contributed by atoms with E-state index in [0.717, 1.165) is 4.90 Å². The molecule has 2 amide bonds. The van der Waals surface area contributed by atoms with Gasteiger partial charge in [0.25, 0.3) is 5.91 Å². The molecule has 4 atom stereocenters. The summed E-state index contributed by atoms with van der Waals surface area (Å²) in [6.07, 6.45) is -1.81. The van der Waals surface area contributed by atoms with Crippen molar-refractivity contribution in [2.45, 2.75) is 69.4 Å². The molecule has 2 fully saturated rings. The zero-order chi connectivity index (χ0) is 29.0. The molecule has 2 heterocycles. The molecule has 0 bridgehead atoms. The normalized spacial score (nSPS) is 24.8. The van der Waals surface area contributed by atoms with Gasteiger partial charge in [0.05, 0.1) is 18.0 Å². The number of hydrogen-bond donors (Lipinski definition) is 3. The van der Waals surface area contributed by atoms with Crippen LogP contribution in [0.5, 0.6) is 0 Å². The summed E-state index contributed by atoms with van der Waals surface area (Å²) in [4.78, 5) is 28.8. The average Bonchev–Trinajstić information content (AvgIpc) is 3.44. The van der Waals surface area contributed by atoms with Gasteiger partial charge in [-0.15, -0.1) is 0 Å². The van der Waals surface area contributed by atoms with Crippen molar-refractivity contribution < 1.29 is 37.5 Å². The molecule has 13 heteroatoms. The molecule has 0 saturated carbocycles. The highest BCUT2D eigenvalue weighted by Crippen LogP contribution is 2.33. The number of benzene rings is 1. The van der Waals surface area contributed by atoms with Crippen molar-refractivity contribution in [3.05, 3.63) is 47.3 Å². The van der Waals surface area contributed by atoms with Gasteiger partial charge in [0.15, 0.2) is 0 Å². The predicted octanol–water partition coefficient (Wildman–Crippen LogP) is 2.08. The third-order valence-electron chi connectivity index (χ3n) is 7.28. The van der Waals surface area contributed by atoms with Gasteiger partial charge in [-0.25, -0.2) is 18.0 Å². The molecule has 0 unspecified atom stereocenters. The maximum atomic E-state index is 14.5. The number of alkyl carbamates (subject to hydrolysis) is 1. The first-order valence-electron chi connectivity index (χ1n) is 12.8. The van der Waals surface area contributed by atoms with Gasteiger partial charge >= 0.3 is 13.2 Å². The molecule has 0 aliphatic carbocycles. The third kappa shape index (κ3) is 7.74. The molecule has 1 aromatic carbocycles. The first kappa shape index (κ1) is 30.5. The van der Waals surface area contributed by atoms with Crippen molar-refractivity contribution in [3.8, 4) is 6.07 Å². The number of nitriles is 1. The Morgan fingerprint density at radius 1 is 1.28 bits per heavy atom. The molecular weight excluding hydrogens is 516 g/mol. The molecule has 0 aromatic heterocycles. The maximum Gasteiger partial charge on any atom is 0.475 e. The minimum atomic E-state index is -1.95. The Hall–Kier alpha value is -3.08. The Morgan fingerprint density at radius 3 is 2.51 bits per heavy atom. The molecule has 1 aromatic rings. The van der Waals surface area contributed by atoms with Crippen molar-refractivity contribution in [2.24, 2.45) is 0 Å². The van der Waals surface area contributed by atoms with Gasteiger partial charge in [-0.2, -0.15) is 5.26 Å². The fourth-order valence-electron chi connectivity index (χ4n) is 5.03. The zero-order valence-corrected chi connectivity index (χ0v) is 22.2. The van der Waals surface area contributed by atoms with Crippen LogP contribution in [0.4, 0.5) is 18.0 Å². The summed E-state index contributed by atoms with van der Waals surface area (Å²) >= 11 is 0. The second kappa shape index (κ2) is 12.4. The van der Waals surface area contributed by atoms with Crippen LogP contribution in [0, 0.1) is 17.1 Å². The highest BCUT2D eigenvalue weighted by atomic mass is 19.1. The van der Waals surface area contributed by atoms with E-state index in [9.17, 15) is 38.1 Å². The van der Waals surface area contributed by atoms with Gasteiger partial charge in [-0.1, -0.05) is 12.1 Å². The molecule has 2 aliphatic heterocycles. The minimum absolute atomic E-state index is 0.0340. The van der Waals surface area contributed by atoms with Crippen LogP contribution in [0.1, 0.15) is 39.2 Å². The topological polar surface area (TPSA) is 126 Å².